The van der Waals surface area contributed by atoms with Crippen LogP contribution in [0.3, 0.4) is 0 Å². The summed E-state index contributed by atoms with van der Waals surface area (Å²) in [4.78, 5) is 22.7. The third-order valence-corrected chi connectivity index (χ3v) is 3.42. The molecule has 20 heavy (non-hydrogen) atoms. The number of rotatable bonds is 7. The van der Waals surface area contributed by atoms with Crippen molar-refractivity contribution in [3.63, 3.8) is 0 Å². The monoisotopic (exact) mass is 345 g/mol. The van der Waals surface area contributed by atoms with Gasteiger partial charge in [0.25, 0.3) is 5.91 Å². The number of amides is 1. The predicted octanol–water partition coefficient (Wildman–Crippen LogP) is 3.05. The number of unbranched alkanes of at least 4 members (excludes halogenated alkanes) is 2. The zero-order chi connectivity index (χ0) is 15.0. The van der Waals surface area contributed by atoms with Crippen LogP contribution in [0, 0.1) is 5.82 Å². The number of nitrogens with one attached hydrogen (secondary N) is 1. The fourth-order valence-corrected chi connectivity index (χ4v) is 2.20. The molecule has 0 aliphatic rings. The molecule has 0 radical (unpaired) electrons. The van der Waals surface area contributed by atoms with E-state index in [1.54, 1.807) is 6.07 Å². The van der Waals surface area contributed by atoms with Gasteiger partial charge in [-0.3, -0.25) is 9.59 Å². The average molecular weight is 346 g/mol. The van der Waals surface area contributed by atoms with Gasteiger partial charge in [0.15, 0.2) is 0 Å². The molecule has 0 aromatic heterocycles. The lowest BCUT2D eigenvalue weighted by atomic mass is 10.1. The van der Waals surface area contributed by atoms with Gasteiger partial charge < -0.3 is 10.1 Å². The molecule has 0 aliphatic carbocycles. The largest absolute Gasteiger partial charge is 0.469 e. The number of halogens is 2. The maximum absolute atomic E-state index is 13.5. The molecule has 0 unspecified atom stereocenters. The van der Waals surface area contributed by atoms with Crippen LogP contribution in [0.1, 0.15) is 36.0 Å². The summed E-state index contributed by atoms with van der Waals surface area (Å²) in [5.74, 6) is -1.23. The maximum atomic E-state index is 13.5. The Bertz CT molecular complexity index is 459. The minimum absolute atomic E-state index is 0.0158. The molecule has 0 heterocycles. The second-order valence-corrected chi connectivity index (χ2v) is 5.09. The van der Waals surface area contributed by atoms with Crippen LogP contribution in [-0.2, 0) is 9.53 Å². The van der Waals surface area contributed by atoms with Gasteiger partial charge in [-0.25, -0.2) is 4.39 Å². The summed E-state index contributed by atoms with van der Waals surface area (Å²) in [6.07, 6.45) is 2.62. The Kier molecular flexibility index (Phi) is 7.22. The summed E-state index contributed by atoms with van der Waals surface area (Å²) in [6, 6.07) is 4.40. The van der Waals surface area contributed by atoms with Gasteiger partial charge >= 0.3 is 5.97 Å². The van der Waals surface area contributed by atoms with Crippen LogP contribution in [0.5, 0.6) is 0 Å². The highest BCUT2D eigenvalue weighted by molar-refractivity contribution is 9.10. The molecule has 4 nitrogen and oxygen atoms in total. The molecule has 1 rings (SSSR count). The third-order valence-electron chi connectivity index (χ3n) is 2.76. The lowest BCUT2D eigenvalue weighted by Gasteiger charge is -2.07. The van der Waals surface area contributed by atoms with E-state index in [9.17, 15) is 14.0 Å². The average Bonchev–Trinajstić information content (AvgIpc) is 2.42. The van der Waals surface area contributed by atoms with Crippen molar-refractivity contribution in [1.82, 2.24) is 5.32 Å². The molecular formula is C14H17BrFNO3. The van der Waals surface area contributed by atoms with Crippen molar-refractivity contribution in [2.24, 2.45) is 0 Å². The molecular weight excluding hydrogens is 329 g/mol. The van der Waals surface area contributed by atoms with Gasteiger partial charge in [-0.2, -0.15) is 0 Å². The minimum Gasteiger partial charge on any atom is -0.469 e. The van der Waals surface area contributed by atoms with Gasteiger partial charge in [0.05, 0.1) is 12.7 Å². The smallest absolute Gasteiger partial charge is 0.305 e. The molecule has 110 valence electrons. The second-order valence-electron chi connectivity index (χ2n) is 4.24. The van der Waals surface area contributed by atoms with Crippen molar-refractivity contribution in [2.75, 3.05) is 13.7 Å². The van der Waals surface area contributed by atoms with Crippen LogP contribution < -0.4 is 5.32 Å². The van der Waals surface area contributed by atoms with Crippen LogP contribution in [0.25, 0.3) is 0 Å². The first kappa shape index (κ1) is 16.6. The number of methoxy groups -OCH3 is 1. The number of esters is 1. The van der Waals surface area contributed by atoms with E-state index in [4.69, 9.17) is 0 Å². The molecule has 0 spiro atoms. The Labute approximate surface area is 125 Å². The molecule has 1 N–H and O–H groups in total. The van der Waals surface area contributed by atoms with Crippen LogP contribution >= 0.6 is 15.9 Å². The van der Waals surface area contributed by atoms with Crippen LogP contribution in [-0.4, -0.2) is 25.5 Å². The zero-order valence-electron chi connectivity index (χ0n) is 11.2. The first-order valence-electron chi connectivity index (χ1n) is 6.35. The number of benzene rings is 1. The van der Waals surface area contributed by atoms with E-state index in [2.05, 4.69) is 26.0 Å². The fraction of sp³-hybridized carbons (Fsp3) is 0.429. The van der Waals surface area contributed by atoms with E-state index >= 15 is 0 Å². The van der Waals surface area contributed by atoms with Crippen LogP contribution in [0.4, 0.5) is 4.39 Å². The van der Waals surface area contributed by atoms with Crippen molar-refractivity contribution in [3.8, 4) is 0 Å². The van der Waals surface area contributed by atoms with Crippen molar-refractivity contribution in [1.29, 1.82) is 0 Å². The highest BCUT2D eigenvalue weighted by Crippen LogP contribution is 2.19. The summed E-state index contributed by atoms with van der Waals surface area (Å²) in [5, 5.41) is 2.66. The van der Waals surface area contributed by atoms with Crippen molar-refractivity contribution in [2.45, 2.75) is 25.7 Å². The molecule has 0 bridgehead atoms. The number of carbonyl (C=O) groups is 2. The maximum Gasteiger partial charge on any atom is 0.305 e. The molecule has 1 aromatic rings. The van der Waals surface area contributed by atoms with Gasteiger partial charge in [0.1, 0.15) is 5.82 Å². The van der Waals surface area contributed by atoms with E-state index in [-0.39, 0.29) is 11.5 Å². The van der Waals surface area contributed by atoms with E-state index in [1.807, 2.05) is 0 Å². The standard InChI is InChI=1S/C14H17BrFNO3/c1-20-12(18)8-3-2-4-9-17-14(19)13-10(15)6-5-7-11(13)16/h5-7H,2-4,8-9H2,1H3,(H,17,19). The number of ether oxygens (including phenoxy) is 1. The van der Waals surface area contributed by atoms with Gasteiger partial charge in [-0.05, 0) is 40.9 Å². The van der Waals surface area contributed by atoms with E-state index in [1.165, 1.54) is 19.2 Å². The van der Waals surface area contributed by atoms with Gasteiger partial charge in [0.2, 0.25) is 0 Å². The Morgan fingerprint density at radius 3 is 2.70 bits per heavy atom. The topological polar surface area (TPSA) is 55.4 Å². The Morgan fingerprint density at radius 1 is 1.30 bits per heavy atom. The molecule has 0 fully saturated rings. The van der Waals surface area contributed by atoms with Crippen LogP contribution in [0.15, 0.2) is 22.7 Å². The Balaban J connectivity index is 2.29. The molecule has 0 saturated carbocycles. The lowest BCUT2D eigenvalue weighted by Crippen LogP contribution is -2.25. The zero-order valence-corrected chi connectivity index (χ0v) is 12.8. The van der Waals surface area contributed by atoms with Crippen molar-refractivity contribution < 1.29 is 18.7 Å². The molecule has 0 aliphatic heterocycles. The van der Waals surface area contributed by atoms with Gasteiger partial charge in [-0.1, -0.05) is 12.5 Å². The fourth-order valence-electron chi connectivity index (χ4n) is 1.68. The van der Waals surface area contributed by atoms with E-state index < -0.39 is 11.7 Å². The normalized spacial score (nSPS) is 10.2. The van der Waals surface area contributed by atoms with Crippen molar-refractivity contribution in [3.05, 3.63) is 34.1 Å². The van der Waals surface area contributed by atoms with Crippen LogP contribution in [0.2, 0.25) is 0 Å². The third kappa shape index (κ3) is 5.28. The molecule has 0 saturated heterocycles. The lowest BCUT2D eigenvalue weighted by molar-refractivity contribution is -0.140. The summed E-state index contributed by atoms with van der Waals surface area (Å²) in [5.41, 5.74) is 0.0158. The highest BCUT2D eigenvalue weighted by atomic mass is 79.9. The molecule has 1 aromatic carbocycles. The first-order valence-corrected chi connectivity index (χ1v) is 7.14. The minimum atomic E-state index is -0.553. The number of hydrogen-bond acceptors (Lipinski definition) is 3. The molecule has 0 atom stereocenters. The highest BCUT2D eigenvalue weighted by Gasteiger charge is 2.14. The first-order chi connectivity index (χ1) is 9.56. The second kappa shape index (κ2) is 8.68. The summed E-state index contributed by atoms with van der Waals surface area (Å²) in [7, 11) is 1.36. The molecule has 1 amide bonds. The van der Waals surface area contributed by atoms with Gasteiger partial charge in [0, 0.05) is 17.4 Å². The molecule has 6 heteroatoms. The summed E-state index contributed by atoms with van der Waals surface area (Å²) in [6.45, 7) is 0.445. The van der Waals surface area contributed by atoms with E-state index in [0.717, 1.165) is 12.8 Å². The Hall–Kier alpha value is -1.43. The number of carbonyl (C=O) groups excluding carboxylic acids is 2. The number of hydrogen-bond donors (Lipinski definition) is 1. The SMILES string of the molecule is COC(=O)CCCCCNC(=O)c1c(F)cccc1Br. The predicted molar refractivity (Wildman–Crippen MR) is 76.9 cm³/mol. The summed E-state index contributed by atoms with van der Waals surface area (Å²) < 4.78 is 18.5. The Morgan fingerprint density at radius 2 is 2.05 bits per heavy atom. The summed E-state index contributed by atoms with van der Waals surface area (Å²) >= 11 is 3.15. The van der Waals surface area contributed by atoms with Gasteiger partial charge in [-0.15, -0.1) is 0 Å². The van der Waals surface area contributed by atoms with Crippen molar-refractivity contribution >= 4 is 27.8 Å². The van der Waals surface area contributed by atoms with E-state index in [0.29, 0.717) is 23.9 Å². The quantitative estimate of drug-likeness (QED) is 0.610.